The summed E-state index contributed by atoms with van der Waals surface area (Å²) in [6, 6.07) is 8.67. The van der Waals surface area contributed by atoms with E-state index in [0.29, 0.717) is 53.0 Å². The van der Waals surface area contributed by atoms with Crippen molar-refractivity contribution < 1.29 is 23.7 Å². The summed E-state index contributed by atoms with van der Waals surface area (Å²) < 4.78 is 22.0. The van der Waals surface area contributed by atoms with E-state index >= 15 is 0 Å². The van der Waals surface area contributed by atoms with Crippen LogP contribution in [-0.2, 0) is 0 Å². The number of anilines is 1. The lowest BCUT2D eigenvalue weighted by molar-refractivity contribution is 0.102. The minimum Gasteiger partial charge on any atom is -0.496 e. The molecule has 1 heterocycles. The number of hydrogen-bond donors (Lipinski definition) is 1. The second-order valence-electron chi connectivity index (χ2n) is 6.78. The number of allylic oxidation sites excluding steroid dienone is 1. The normalized spacial score (nSPS) is 13.4. The molecule has 1 aliphatic heterocycles. The Morgan fingerprint density at radius 3 is 2.29 bits per heavy atom. The lowest BCUT2D eigenvalue weighted by Crippen LogP contribution is -2.15. The van der Waals surface area contributed by atoms with E-state index in [1.165, 1.54) is 7.11 Å². The fourth-order valence-corrected chi connectivity index (χ4v) is 3.06. The van der Waals surface area contributed by atoms with Crippen LogP contribution < -0.4 is 24.7 Å². The van der Waals surface area contributed by atoms with Gasteiger partial charge in [-0.3, -0.25) is 4.79 Å². The average molecular weight is 383 g/mol. The molecule has 28 heavy (non-hydrogen) atoms. The van der Waals surface area contributed by atoms with Crippen LogP contribution in [0.5, 0.6) is 23.0 Å². The standard InChI is InChI=1S/C22H25NO5/c1-13(2)16(22(24)14-5-6-17(23)19(10-14)26-4)9-15-11-20-21(12-18(15)25-3)28-8-7-27-20/h5-6,9-13H,7-8,23H2,1-4H3/b16-9+. The van der Waals surface area contributed by atoms with Crippen LogP contribution in [0.1, 0.15) is 29.8 Å². The summed E-state index contributed by atoms with van der Waals surface area (Å²) in [5, 5.41) is 0. The summed E-state index contributed by atoms with van der Waals surface area (Å²) in [6.07, 6.45) is 1.84. The van der Waals surface area contributed by atoms with E-state index in [2.05, 4.69) is 0 Å². The number of Topliss-reactive ketones (excluding diaryl/α,β-unsaturated/α-hetero) is 1. The van der Waals surface area contributed by atoms with Crippen LogP contribution in [0.15, 0.2) is 35.9 Å². The summed E-state index contributed by atoms with van der Waals surface area (Å²) in [6.45, 7) is 4.94. The minimum absolute atomic E-state index is 0.00560. The molecule has 0 fully saturated rings. The summed E-state index contributed by atoms with van der Waals surface area (Å²) in [7, 11) is 3.11. The molecule has 2 aromatic rings. The predicted molar refractivity (Wildman–Crippen MR) is 109 cm³/mol. The Morgan fingerprint density at radius 2 is 1.68 bits per heavy atom. The van der Waals surface area contributed by atoms with Crippen molar-refractivity contribution in [2.75, 3.05) is 33.2 Å². The van der Waals surface area contributed by atoms with Crippen LogP contribution in [0.4, 0.5) is 5.69 Å². The summed E-state index contributed by atoms with van der Waals surface area (Å²) in [5.41, 5.74) is 8.27. The highest BCUT2D eigenvalue weighted by Gasteiger charge is 2.20. The van der Waals surface area contributed by atoms with E-state index in [9.17, 15) is 4.79 Å². The highest BCUT2D eigenvalue weighted by molar-refractivity contribution is 6.12. The van der Waals surface area contributed by atoms with Crippen molar-refractivity contribution in [1.29, 1.82) is 0 Å². The number of hydrogen-bond acceptors (Lipinski definition) is 6. The zero-order valence-corrected chi connectivity index (χ0v) is 16.6. The Kier molecular flexibility index (Phi) is 5.78. The van der Waals surface area contributed by atoms with Gasteiger partial charge in [-0.25, -0.2) is 0 Å². The highest BCUT2D eigenvalue weighted by atomic mass is 16.6. The first kappa shape index (κ1) is 19.6. The monoisotopic (exact) mass is 383 g/mol. The fraction of sp³-hybridized carbons (Fsp3) is 0.318. The van der Waals surface area contributed by atoms with Gasteiger partial charge in [0.2, 0.25) is 0 Å². The number of methoxy groups -OCH3 is 2. The lowest BCUT2D eigenvalue weighted by atomic mass is 9.92. The van der Waals surface area contributed by atoms with Gasteiger partial charge < -0.3 is 24.7 Å². The number of fused-ring (bicyclic) bond motifs is 1. The van der Waals surface area contributed by atoms with Crippen LogP contribution in [0, 0.1) is 5.92 Å². The van der Waals surface area contributed by atoms with E-state index in [4.69, 9.17) is 24.7 Å². The molecule has 1 aliphatic rings. The lowest BCUT2D eigenvalue weighted by Gasteiger charge is -2.20. The molecule has 2 N–H and O–H groups in total. The molecule has 0 spiro atoms. The van der Waals surface area contributed by atoms with Crippen LogP contribution >= 0.6 is 0 Å². The number of ether oxygens (including phenoxy) is 4. The fourth-order valence-electron chi connectivity index (χ4n) is 3.06. The zero-order chi connectivity index (χ0) is 20.3. The SMILES string of the molecule is COc1cc(C(=O)/C(=C/c2cc3c(cc2OC)OCCO3)C(C)C)ccc1N. The number of carbonyl (C=O) groups is 1. The van der Waals surface area contributed by atoms with Gasteiger partial charge in [0.25, 0.3) is 0 Å². The molecule has 0 amide bonds. The number of carbonyl (C=O) groups excluding carboxylic acids is 1. The van der Waals surface area contributed by atoms with Crippen LogP contribution in [0.3, 0.4) is 0 Å². The van der Waals surface area contributed by atoms with Crippen molar-refractivity contribution in [3.63, 3.8) is 0 Å². The zero-order valence-electron chi connectivity index (χ0n) is 16.6. The molecule has 148 valence electrons. The maximum Gasteiger partial charge on any atom is 0.189 e. The van der Waals surface area contributed by atoms with Crippen molar-refractivity contribution >= 4 is 17.5 Å². The Hall–Kier alpha value is -3.15. The van der Waals surface area contributed by atoms with Crippen molar-refractivity contribution in [2.24, 2.45) is 5.92 Å². The van der Waals surface area contributed by atoms with Crippen molar-refractivity contribution in [1.82, 2.24) is 0 Å². The maximum absolute atomic E-state index is 13.2. The molecule has 2 aromatic carbocycles. The van der Waals surface area contributed by atoms with Gasteiger partial charge in [-0.2, -0.15) is 0 Å². The third kappa shape index (κ3) is 3.91. The second-order valence-corrected chi connectivity index (χ2v) is 6.78. The molecule has 0 aromatic heterocycles. The van der Waals surface area contributed by atoms with Gasteiger partial charge in [0, 0.05) is 22.8 Å². The van der Waals surface area contributed by atoms with E-state index in [-0.39, 0.29) is 11.7 Å². The van der Waals surface area contributed by atoms with Crippen LogP contribution in [0.2, 0.25) is 0 Å². The summed E-state index contributed by atoms with van der Waals surface area (Å²) in [4.78, 5) is 13.2. The third-order valence-corrected chi connectivity index (χ3v) is 4.59. The van der Waals surface area contributed by atoms with Gasteiger partial charge in [-0.05, 0) is 36.3 Å². The van der Waals surface area contributed by atoms with Crippen molar-refractivity contribution in [3.05, 3.63) is 47.0 Å². The van der Waals surface area contributed by atoms with Crippen LogP contribution in [-0.4, -0.2) is 33.2 Å². The van der Waals surface area contributed by atoms with E-state index in [0.717, 1.165) is 5.56 Å². The number of benzene rings is 2. The minimum atomic E-state index is -0.0924. The van der Waals surface area contributed by atoms with E-state index < -0.39 is 0 Å². The molecule has 6 nitrogen and oxygen atoms in total. The van der Waals surface area contributed by atoms with Gasteiger partial charge in [0.15, 0.2) is 17.3 Å². The summed E-state index contributed by atoms with van der Waals surface area (Å²) in [5.74, 6) is 2.28. The van der Waals surface area contributed by atoms with Crippen molar-refractivity contribution in [2.45, 2.75) is 13.8 Å². The average Bonchev–Trinajstić information content (AvgIpc) is 2.70. The summed E-state index contributed by atoms with van der Waals surface area (Å²) >= 11 is 0. The molecule has 6 heteroatoms. The molecule has 0 radical (unpaired) electrons. The molecule has 0 bridgehead atoms. The first-order valence-corrected chi connectivity index (χ1v) is 9.12. The number of nitrogens with two attached hydrogens (primary N) is 1. The Bertz CT molecular complexity index is 917. The van der Waals surface area contributed by atoms with Crippen molar-refractivity contribution in [3.8, 4) is 23.0 Å². The third-order valence-electron chi connectivity index (χ3n) is 4.59. The molecular weight excluding hydrogens is 358 g/mol. The predicted octanol–water partition coefficient (Wildman–Crippen LogP) is 3.98. The second kappa shape index (κ2) is 8.25. The molecule has 0 atom stereocenters. The molecular formula is C22H25NO5. The molecule has 0 aliphatic carbocycles. The molecule has 0 saturated heterocycles. The van der Waals surface area contributed by atoms with E-state index in [1.807, 2.05) is 26.0 Å². The molecule has 0 unspecified atom stereocenters. The molecule has 0 saturated carbocycles. The number of ketones is 1. The Labute approximate surface area is 164 Å². The Morgan fingerprint density at radius 1 is 1.04 bits per heavy atom. The van der Waals surface area contributed by atoms with Gasteiger partial charge in [0.05, 0.1) is 19.9 Å². The smallest absolute Gasteiger partial charge is 0.189 e. The van der Waals surface area contributed by atoms with Gasteiger partial charge in [0.1, 0.15) is 24.7 Å². The maximum atomic E-state index is 13.2. The van der Waals surface area contributed by atoms with Gasteiger partial charge in [-0.1, -0.05) is 13.8 Å². The first-order chi connectivity index (χ1) is 13.4. The number of rotatable bonds is 6. The van der Waals surface area contributed by atoms with E-state index in [1.54, 1.807) is 31.4 Å². The number of nitrogen functional groups attached to an aromatic ring is 1. The Balaban J connectivity index is 2.05. The first-order valence-electron chi connectivity index (χ1n) is 9.12. The topological polar surface area (TPSA) is 80.0 Å². The van der Waals surface area contributed by atoms with Crippen LogP contribution in [0.25, 0.3) is 6.08 Å². The van der Waals surface area contributed by atoms with Gasteiger partial charge >= 0.3 is 0 Å². The molecule has 3 rings (SSSR count). The quantitative estimate of drug-likeness (QED) is 0.462. The highest BCUT2D eigenvalue weighted by Crippen LogP contribution is 2.38. The largest absolute Gasteiger partial charge is 0.496 e. The van der Waals surface area contributed by atoms with Gasteiger partial charge in [-0.15, -0.1) is 0 Å².